The highest BCUT2D eigenvalue weighted by Gasteiger charge is 2.12. The van der Waals surface area contributed by atoms with Crippen LogP contribution < -0.4 is 10.9 Å². The minimum absolute atomic E-state index is 0.0487. The zero-order valence-corrected chi connectivity index (χ0v) is 13.7. The van der Waals surface area contributed by atoms with Crippen LogP contribution in [0.2, 0.25) is 0 Å². The van der Waals surface area contributed by atoms with Gasteiger partial charge in [-0.1, -0.05) is 42.5 Å². The van der Waals surface area contributed by atoms with Gasteiger partial charge in [-0.05, 0) is 31.0 Å². The Kier molecular flexibility index (Phi) is 4.42. The van der Waals surface area contributed by atoms with Crippen LogP contribution in [0.1, 0.15) is 24.1 Å². The molecule has 0 aliphatic carbocycles. The Morgan fingerprint density at radius 3 is 2.67 bits per heavy atom. The van der Waals surface area contributed by atoms with Crippen molar-refractivity contribution < 1.29 is 4.79 Å². The van der Waals surface area contributed by atoms with Crippen molar-refractivity contribution in [3.8, 4) is 0 Å². The fourth-order valence-electron chi connectivity index (χ4n) is 2.72. The molecule has 24 heavy (non-hydrogen) atoms. The second-order valence-corrected chi connectivity index (χ2v) is 5.85. The van der Waals surface area contributed by atoms with Gasteiger partial charge in [0.1, 0.15) is 6.54 Å². The molecule has 1 N–H and O–H groups in total. The predicted molar refractivity (Wildman–Crippen MR) is 93.7 cm³/mol. The van der Waals surface area contributed by atoms with Crippen molar-refractivity contribution in [1.29, 1.82) is 0 Å². The lowest BCUT2D eigenvalue weighted by molar-refractivity contribution is -0.122. The van der Waals surface area contributed by atoms with Gasteiger partial charge < -0.3 is 5.32 Å². The third-order valence-electron chi connectivity index (χ3n) is 4.05. The summed E-state index contributed by atoms with van der Waals surface area (Å²) in [6.07, 6.45) is 1.43. The molecule has 0 spiro atoms. The molecule has 1 atom stereocenters. The van der Waals surface area contributed by atoms with Crippen molar-refractivity contribution in [3.63, 3.8) is 0 Å². The van der Waals surface area contributed by atoms with Gasteiger partial charge in [0, 0.05) is 0 Å². The molecule has 2 aromatic carbocycles. The van der Waals surface area contributed by atoms with Crippen molar-refractivity contribution >= 4 is 16.8 Å². The quantitative estimate of drug-likeness (QED) is 0.803. The second kappa shape index (κ2) is 6.66. The lowest BCUT2D eigenvalue weighted by Crippen LogP contribution is -2.34. The van der Waals surface area contributed by atoms with Crippen LogP contribution in [-0.2, 0) is 11.3 Å². The van der Waals surface area contributed by atoms with E-state index in [0.717, 1.165) is 11.1 Å². The highest BCUT2D eigenvalue weighted by molar-refractivity contribution is 5.81. The summed E-state index contributed by atoms with van der Waals surface area (Å²) in [6, 6.07) is 15.0. The Balaban J connectivity index is 1.79. The topological polar surface area (TPSA) is 64.0 Å². The lowest BCUT2D eigenvalue weighted by Gasteiger charge is -2.15. The van der Waals surface area contributed by atoms with Gasteiger partial charge in [0.15, 0.2) is 0 Å². The number of rotatable bonds is 4. The van der Waals surface area contributed by atoms with E-state index in [0.29, 0.717) is 10.9 Å². The van der Waals surface area contributed by atoms with Crippen LogP contribution in [0, 0.1) is 6.92 Å². The number of carbonyl (C=O) groups excluding carboxylic acids is 1. The molecule has 3 aromatic rings. The number of nitrogens with one attached hydrogen (secondary N) is 1. The van der Waals surface area contributed by atoms with Crippen molar-refractivity contribution in [2.75, 3.05) is 0 Å². The monoisotopic (exact) mass is 321 g/mol. The fraction of sp³-hybridized carbons (Fsp3) is 0.211. The first-order valence-electron chi connectivity index (χ1n) is 7.85. The molecule has 0 bridgehead atoms. The van der Waals surface area contributed by atoms with Crippen LogP contribution in [0.15, 0.2) is 59.7 Å². The Hall–Kier alpha value is -2.95. The number of nitrogens with zero attached hydrogens (tertiary/aromatic N) is 2. The van der Waals surface area contributed by atoms with Gasteiger partial charge in [-0.25, -0.2) is 4.98 Å². The molecule has 0 radical (unpaired) electrons. The summed E-state index contributed by atoms with van der Waals surface area (Å²) in [6.45, 7) is 3.78. The van der Waals surface area contributed by atoms with Crippen molar-refractivity contribution in [2.24, 2.45) is 0 Å². The summed E-state index contributed by atoms with van der Waals surface area (Å²) < 4.78 is 1.34. The molecule has 122 valence electrons. The van der Waals surface area contributed by atoms with Crippen molar-refractivity contribution in [3.05, 3.63) is 76.3 Å². The minimum atomic E-state index is -0.220. The molecule has 0 fully saturated rings. The van der Waals surface area contributed by atoms with Crippen LogP contribution in [0.4, 0.5) is 0 Å². The normalized spacial score (nSPS) is 12.1. The van der Waals surface area contributed by atoms with Crippen LogP contribution in [0.5, 0.6) is 0 Å². The molecular formula is C19H19N3O2. The molecular weight excluding hydrogens is 302 g/mol. The smallest absolute Gasteiger partial charge is 0.261 e. The number of amides is 1. The summed E-state index contributed by atoms with van der Waals surface area (Å²) in [7, 11) is 0. The van der Waals surface area contributed by atoms with Crippen LogP contribution in [0.3, 0.4) is 0 Å². The molecule has 1 aromatic heterocycles. The average molecular weight is 321 g/mol. The molecule has 0 aliphatic heterocycles. The van der Waals surface area contributed by atoms with Crippen LogP contribution in [0.25, 0.3) is 10.9 Å². The van der Waals surface area contributed by atoms with E-state index >= 15 is 0 Å². The maximum atomic E-state index is 12.5. The standard InChI is InChI=1S/C19H19N3O2/c1-13-7-6-10-16-18(13)20-12-22(19(16)24)11-17(23)21-14(2)15-8-4-3-5-9-15/h3-10,12,14H,11H2,1-2H3,(H,21,23). The number of benzene rings is 2. The first-order chi connectivity index (χ1) is 11.6. The number of carbonyl (C=O) groups is 1. The van der Waals surface area contributed by atoms with E-state index in [1.54, 1.807) is 6.07 Å². The molecule has 5 heteroatoms. The largest absolute Gasteiger partial charge is 0.348 e. The molecule has 1 unspecified atom stereocenters. The summed E-state index contributed by atoms with van der Waals surface area (Å²) in [5, 5.41) is 3.43. The highest BCUT2D eigenvalue weighted by atomic mass is 16.2. The number of aromatic nitrogens is 2. The van der Waals surface area contributed by atoms with E-state index < -0.39 is 0 Å². The molecule has 0 saturated carbocycles. The van der Waals surface area contributed by atoms with E-state index in [1.165, 1.54) is 10.9 Å². The SMILES string of the molecule is Cc1cccc2c(=O)n(CC(=O)NC(C)c3ccccc3)cnc12. The maximum absolute atomic E-state index is 12.5. The summed E-state index contributed by atoms with van der Waals surface area (Å²) >= 11 is 0. The zero-order valence-electron chi connectivity index (χ0n) is 13.7. The third-order valence-corrected chi connectivity index (χ3v) is 4.05. The van der Waals surface area contributed by atoms with E-state index in [9.17, 15) is 9.59 Å². The van der Waals surface area contributed by atoms with Crippen molar-refractivity contribution in [2.45, 2.75) is 26.4 Å². The van der Waals surface area contributed by atoms with Crippen LogP contribution >= 0.6 is 0 Å². The van der Waals surface area contributed by atoms with Gasteiger partial charge >= 0.3 is 0 Å². The lowest BCUT2D eigenvalue weighted by atomic mass is 10.1. The first kappa shape index (κ1) is 15.9. The molecule has 1 heterocycles. The Labute approximate surface area is 140 Å². The highest BCUT2D eigenvalue weighted by Crippen LogP contribution is 2.12. The molecule has 0 saturated heterocycles. The van der Waals surface area contributed by atoms with E-state index in [2.05, 4.69) is 10.3 Å². The van der Waals surface area contributed by atoms with Crippen molar-refractivity contribution in [1.82, 2.24) is 14.9 Å². The van der Waals surface area contributed by atoms with E-state index in [1.807, 2.05) is 56.3 Å². The second-order valence-electron chi connectivity index (χ2n) is 5.85. The van der Waals surface area contributed by atoms with E-state index in [-0.39, 0.29) is 24.1 Å². The Bertz CT molecular complexity index is 932. The number of aryl methyl sites for hydroxylation is 1. The first-order valence-corrected chi connectivity index (χ1v) is 7.85. The Morgan fingerprint density at radius 1 is 1.17 bits per heavy atom. The molecule has 1 amide bonds. The predicted octanol–water partition coefficient (Wildman–Crippen LogP) is 2.58. The van der Waals surface area contributed by atoms with Gasteiger partial charge in [0.25, 0.3) is 5.56 Å². The zero-order chi connectivity index (χ0) is 17.1. The van der Waals surface area contributed by atoms with Gasteiger partial charge in [-0.3, -0.25) is 14.2 Å². The third kappa shape index (κ3) is 3.20. The Morgan fingerprint density at radius 2 is 1.92 bits per heavy atom. The van der Waals surface area contributed by atoms with Gasteiger partial charge in [0.2, 0.25) is 5.91 Å². The molecule has 3 rings (SSSR count). The van der Waals surface area contributed by atoms with Gasteiger partial charge in [-0.15, -0.1) is 0 Å². The average Bonchev–Trinajstić information content (AvgIpc) is 2.58. The summed E-state index contributed by atoms with van der Waals surface area (Å²) in [5.74, 6) is -0.220. The summed E-state index contributed by atoms with van der Waals surface area (Å²) in [5.41, 5.74) is 2.44. The summed E-state index contributed by atoms with van der Waals surface area (Å²) in [4.78, 5) is 29.1. The molecule has 0 aliphatic rings. The number of hydrogen-bond donors (Lipinski definition) is 1. The molecule has 5 nitrogen and oxygen atoms in total. The maximum Gasteiger partial charge on any atom is 0.261 e. The number of fused-ring (bicyclic) bond motifs is 1. The number of para-hydroxylation sites is 1. The number of hydrogen-bond acceptors (Lipinski definition) is 3. The minimum Gasteiger partial charge on any atom is -0.348 e. The van der Waals surface area contributed by atoms with E-state index in [4.69, 9.17) is 0 Å². The van der Waals surface area contributed by atoms with Gasteiger partial charge in [-0.2, -0.15) is 0 Å². The van der Waals surface area contributed by atoms with Crippen LogP contribution in [-0.4, -0.2) is 15.5 Å². The fourth-order valence-corrected chi connectivity index (χ4v) is 2.72. The van der Waals surface area contributed by atoms with Gasteiger partial charge in [0.05, 0.1) is 23.3 Å².